The van der Waals surface area contributed by atoms with E-state index in [2.05, 4.69) is 249 Å². The van der Waals surface area contributed by atoms with Gasteiger partial charge in [-0.15, -0.1) is 0 Å². The van der Waals surface area contributed by atoms with Crippen molar-refractivity contribution in [3.05, 3.63) is 228 Å². The normalized spacial score (nSPS) is 16.2. The highest BCUT2D eigenvalue weighted by Crippen LogP contribution is 2.54. The van der Waals surface area contributed by atoms with Gasteiger partial charge in [-0.1, -0.05) is 121 Å². The Morgan fingerprint density at radius 2 is 1.12 bits per heavy atom. The van der Waals surface area contributed by atoms with Crippen LogP contribution in [0.25, 0.3) is 100 Å². The van der Waals surface area contributed by atoms with Crippen LogP contribution in [0.2, 0.25) is 0 Å². The van der Waals surface area contributed by atoms with E-state index in [-0.39, 0.29) is 12.0 Å². The molecule has 73 heavy (non-hydrogen) atoms. The van der Waals surface area contributed by atoms with E-state index in [1.165, 1.54) is 77.5 Å². The monoisotopic (exact) mass is 938 g/mol. The van der Waals surface area contributed by atoms with E-state index in [9.17, 15) is 5.26 Å². The van der Waals surface area contributed by atoms with Crippen molar-refractivity contribution in [1.29, 1.82) is 5.26 Å². The molecule has 0 radical (unpaired) electrons. The molecule has 2 unspecified atom stereocenters. The summed E-state index contributed by atoms with van der Waals surface area (Å²) in [6.45, 7) is 4.35. The van der Waals surface area contributed by atoms with E-state index >= 15 is 0 Å². The lowest BCUT2D eigenvalue weighted by molar-refractivity contribution is 0.572. The average molecular weight is 939 g/mol. The van der Waals surface area contributed by atoms with Crippen molar-refractivity contribution >= 4 is 88.9 Å². The first-order chi connectivity index (χ1) is 36.1. The van der Waals surface area contributed by atoms with Gasteiger partial charge in [0.25, 0.3) is 0 Å². The molecule has 3 aliphatic rings. The predicted octanol–water partition coefficient (Wildman–Crippen LogP) is 16.9. The van der Waals surface area contributed by atoms with Gasteiger partial charge >= 0.3 is 0 Å². The SMILES string of the molecule is C/C=C\c1c(C)n(-c2ccc3c(c2)C2CCC=CC2N3c2cc(C#N)cc(-n3c4ccccc4c4cc(-n5c6ccccc6c6ccccc65)ccc43)c2-n2c3c(c4ccccc42)CCC=C3)c2ccccc12. The van der Waals surface area contributed by atoms with Gasteiger partial charge in [0.05, 0.1) is 67.8 Å². The summed E-state index contributed by atoms with van der Waals surface area (Å²) in [5.74, 6) is 0.252. The van der Waals surface area contributed by atoms with Crippen LogP contribution in [0.4, 0.5) is 11.4 Å². The summed E-state index contributed by atoms with van der Waals surface area (Å²) >= 11 is 0. The van der Waals surface area contributed by atoms with E-state index in [4.69, 9.17) is 0 Å². The second-order valence-electron chi connectivity index (χ2n) is 20.1. The molecule has 0 fully saturated rings. The lowest BCUT2D eigenvalue weighted by atomic mass is 9.86. The maximum Gasteiger partial charge on any atom is 0.0993 e. The van der Waals surface area contributed by atoms with E-state index in [0.29, 0.717) is 5.56 Å². The zero-order valence-corrected chi connectivity index (χ0v) is 40.8. The molecule has 0 spiro atoms. The van der Waals surface area contributed by atoms with Gasteiger partial charge in [0.15, 0.2) is 0 Å². The minimum Gasteiger partial charge on any atom is -0.332 e. The Hall–Kier alpha value is -9.05. The highest BCUT2D eigenvalue weighted by atomic mass is 15.2. The molecule has 4 aromatic heterocycles. The molecule has 2 aliphatic carbocycles. The fraction of sp³-hybridized carbons (Fsp3) is 0.119. The van der Waals surface area contributed by atoms with Crippen LogP contribution < -0.4 is 4.90 Å². The summed E-state index contributed by atoms with van der Waals surface area (Å²) < 4.78 is 9.84. The van der Waals surface area contributed by atoms with Crippen molar-refractivity contribution in [1.82, 2.24) is 18.3 Å². The number of aromatic nitrogens is 4. The number of allylic oxidation sites excluding steroid dienone is 3. The molecule has 2 atom stereocenters. The van der Waals surface area contributed by atoms with Gasteiger partial charge < -0.3 is 23.2 Å². The number of fused-ring (bicyclic) bond motifs is 13. The van der Waals surface area contributed by atoms with E-state index in [0.717, 1.165) is 75.8 Å². The highest BCUT2D eigenvalue weighted by molar-refractivity contribution is 6.13. The third kappa shape index (κ3) is 5.91. The minimum atomic E-state index is 0.0424. The maximum absolute atomic E-state index is 11.3. The van der Waals surface area contributed by atoms with Gasteiger partial charge in [-0.25, -0.2) is 0 Å². The van der Waals surface area contributed by atoms with Gasteiger partial charge in [-0.2, -0.15) is 5.26 Å². The number of aryl methyl sites for hydroxylation is 1. The van der Waals surface area contributed by atoms with Crippen LogP contribution in [0.3, 0.4) is 0 Å². The molecule has 0 bridgehead atoms. The first kappa shape index (κ1) is 41.7. The number of nitriles is 1. The number of para-hydroxylation sites is 5. The summed E-state index contributed by atoms with van der Waals surface area (Å²) in [5.41, 5.74) is 20.5. The number of benzene rings is 8. The highest BCUT2D eigenvalue weighted by Gasteiger charge is 2.41. The fourth-order valence-electron chi connectivity index (χ4n) is 13.4. The minimum absolute atomic E-state index is 0.0424. The summed E-state index contributed by atoms with van der Waals surface area (Å²) in [6, 6.07) is 65.2. The zero-order valence-electron chi connectivity index (χ0n) is 40.8. The van der Waals surface area contributed by atoms with E-state index < -0.39 is 0 Å². The molecule has 0 saturated carbocycles. The summed E-state index contributed by atoms with van der Waals surface area (Å²) in [4.78, 5) is 2.59. The Kier molecular flexibility index (Phi) is 9.13. The van der Waals surface area contributed by atoms with Crippen LogP contribution in [0.1, 0.15) is 65.7 Å². The van der Waals surface area contributed by atoms with Gasteiger partial charge in [-0.3, -0.25) is 0 Å². The lowest BCUT2D eigenvalue weighted by Gasteiger charge is -2.33. The maximum atomic E-state index is 11.3. The molecule has 0 amide bonds. The number of hydrogen-bond acceptors (Lipinski definition) is 2. The van der Waals surface area contributed by atoms with Crippen LogP contribution in [-0.2, 0) is 6.42 Å². The molecule has 0 N–H and O–H groups in total. The molecule has 12 aromatic rings. The van der Waals surface area contributed by atoms with Crippen LogP contribution in [0, 0.1) is 18.3 Å². The molecular formula is C67H50N6. The van der Waals surface area contributed by atoms with E-state index in [1.807, 2.05) is 0 Å². The Labute approximate surface area is 423 Å². The molecule has 0 saturated heterocycles. The second kappa shape index (κ2) is 16.0. The van der Waals surface area contributed by atoms with Crippen LogP contribution >= 0.6 is 0 Å². The quantitative estimate of drug-likeness (QED) is 0.156. The smallest absolute Gasteiger partial charge is 0.0993 e. The largest absolute Gasteiger partial charge is 0.332 e. The van der Waals surface area contributed by atoms with Crippen LogP contribution in [-0.4, -0.2) is 24.3 Å². The predicted molar refractivity (Wildman–Crippen MR) is 304 cm³/mol. The standard InChI is InChI=1S/C67H50N6/c1-3-18-46-42(2)69(56-26-11-4-19-47(46)56)44-33-35-63-54(39-44)52-24-9-14-29-59(52)71(63)65-37-43(41-68)38-66(67(65)73-61-31-16-7-22-50(61)51-23-8-17-32-62(51)73)72-60-30-15-10-25-53(60)55-40-45(34-36-64(55)72)70-57-27-12-5-20-48(57)49-21-6-13-28-58(49)70/h3-7,10-22,25-40,52,59H,8-9,23-24H2,1-2H3/b18-3-. The van der Waals surface area contributed by atoms with Gasteiger partial charge in [0, 0.05) is 72.2 Å². The van der Waals surface area contributed by atoms with Crippen molar-refractivity contribution in [2.75, 3.05) is 4.90 Å². The van der Waals surface area contributed by atoms with Crippen LogP contribution in [0.15, 0.2) is 194 Å². The molecule has 1 aliphatic heterocycles. The summed E-state index contributed by atoms with van der Waals surface area (Å²) in [7, 11) is 0. The molecule has 8 aromatic carbocycles. The Balaban J connectivity index is 1.02. The molecule has 15 rings (SSSR count). The molecule has 5 heterocycles. The first-order valence-corrected chi connectivity index (χ1v) is 25.8. The Morgan fingerprint density at radius 1 is 0.534 bits per heavy atom. The summed E-state index contributed by atoms with van der Waals surface area (Å²) in [5, 5.41) is 18.6. The second-order valence-corrected chi connectivity index (χ2v) is 20.1. The average Bonchev–Trinajstić information content (AvgIpc) is 4.23. The molecule has 6 nitrogen and oxygen atoms in total. The zero-order chi connectivity index (χ0) is 48.5. The van der Waals surface area contributed by atoms with Crippen molar-refractivity contribution < 1.29 is 0 Å². The van der Waals surface area contributed by atoms with Gasteiger partial charge in [0.2, 0.25) is 0 Å². The third-order valence-corrected chi connectivity index (χ3v) is 16.4. The first-order valence-electron chi connectivity index (χ1n) is 25.8. The van der Waals surface area contributed by atoms with Crippen molar-refractivity contribution in [2.45, 2.75) is 51.5 Å². The Bertz CT molecular complexity index is 4400. The number of hydrogen-bond donors (Lipinski definition) is 0. The number of nitrogens with zero attached hydrogens (tertiary/aromatic N) is 6. The Morgan fingerprint density at radius 3 is 1.84 bits per heavy atom. The van der Waals surface area contributed by atoms with Crippen molar-refractivity contribution in [3.63, 3.8) is 0 Å². The van der Waals surface area contributed by atoms with Crippen LogP contribution in [0.5, 0.6) is 0 Å². The number of anilines is 2. The van der Waals surface area contributed by atoms with E-state index in [1.54, 1.807) is 0 Å². The molecule has 348 valence electrons. The third-order valence-electron chi connectivity index (χ3n) is 16.4. The molecule has 6 heteroatoms. The van der Waals surface area contributed by atoms with Crippen molar-refractivity contribution in [2.24, 2.45) is 0 Å². The lowest BCUT2D eigenvalue weighted by Crippen LogP contribution is -2.31. The fourth-order valence-corrected chi connectivity index (χ4v) is 13.4. The van der Waals surface area contributed by atoms with Crippen molar-refractivity contribution in [3.8, 4) is 28.8 Å². The van der Waals surface area contributed by atoms with Gasteiger partial charge in [0.1, 0.15) is 0 Å². The summed E-state index contributed by atoms with van der Waals surface area (Å²) in [6.07, 6.45) is 17.9. The molecular weight excluding hydrogens is 889 g/mol. The topological polar surface area (TPSA) is 46.8 Å². The van der Waals surface area contributed by atoms with Gasteiger partial charge in [-0.05, 0) is 136 Å². The number of rotatable bonds is 6.